The van der Waals surface area contributed by atoms with Gasteiger partial charge >= 0.3 is 0 Å². The van der Waals surface area contributed by atoms with Crippen LogP contribution in [0, 0.1) is 0 Å². The molecule has 1 radical (unpaired) electrons. The van der Waals surface area contributed by atoms with Gasteiger partial charge in [-0.25, -0.2) is 0 Å². The van der Waals surface area contributed by atoms with Gasteiger partial charge in [-0.1, -0.05) is 12.1 Å². The van der Waals surface area contributed by atoms with Crippen LogP contribution in [0.15, 0.2) is 18.2 Å². The van der Waals surface area contributed by atoms with Gasteiger partial charge in [-0.2, -0.15) is 0 Å². The fraction of sp³-hybridized carbons (Fsp3) is 0.333. The molecule has 0 amide bonds. The highest BCUT2D eigenvalue weighted by atomic mass is 16.3. The highest BCUT2D eigenvalue weighted by molar-refractivity contribution is 5.62. The first kappa shape index (κ1) is 6.53. The van der Waals surface area contributed by atoms with Gasteiger partial charge in [0.25, 0.3) is 0 Å². The van der Waals surface area contributed by atoms with Crippen LogP contribution < -0.4 is 5.32 Å². The van der Waals surface area contributed by atoms with Crippen molar-refractivity contribution in [1.82, 2.24) is 0 Å². The molecule has 0 saturated heterocycles. The van der Waals surface area contributed by atoms with Crippen LogP contribution in [0.25, 0.3) is 0 Å². The maximum Gasteiger partial charge on any atom is 0.201 e. The Bertz CT molecular complexity index is 270. The predicted molar refractivity (Wildman–Crippen MR) is 43.4 cm³/mol. The summed E-state index contributed by atoms with van der Waals surface area (Å²) in [6.07, 6.45) is 2.18. The van der Waals surface area contributed by atoms with Crippen LogP contribution in [0.5, 0.6) is 5.75 Å². The van der Waals surface area contributed by atoms with E-state index in [0.717, 1.165) is 25.1 Å². The number of fused-ring (bicyclic) bond motifs is 1. The van der Waals surface area contributed by atoms with E-state index >= 15 is 0 Å². The molecule has 0 unspecified atom stereocenters. The van der Waals surface area contributed by atoms with Crippen LogP contribution >= 0.6 is 0 Å². The number of para-hydroxylation sites is 1. The van der Waals surface area contributed by atoms with Gasteiger partial charge < -0.3 is 5.32 Å². The molecule has 1 heterocycles. The third-order valence-corrected chi connectivity index (χ3v) is 2.04. The van der Waals surface area contributed by atoms with Crippen molar-refractivity contribution in [3.05, 3.63) is 23.8 Å². The number of rotatable bonds is 0. The van der Waals surface area contributed by atoms with E-state index in [1.165, 1.54) is 5.56 Å². The van der Waals surface area contributed by atoms with Crippen LogP contribution in [0.3, 0.4) is 0 Å². The van der Waals surface area contributed by atoms with Crippen molar-refractivity contribution in [1.29, 1.82) is 0 Å². The van der Waals surface area contributed by atoms with E-state index in [1.54, 1.807) is 6.07 Å². The molecule has 57 valence electrons. The van der Waals surface area contributed by atoms with Crippen molar-refractivity contribution in [2.24, 2.45) is 0 Å². The van der Waals surface area contributed by atoms with Crippen molar-refractivity contribution >= 4 is 5.69 Å². The SMILES string of the molecule is [O]c1cccc2c1NCCC2. The minimum Gasteiger partial charge on any atom is -0.382 e. The largest absolute Gasteiger partial charge is 0.382 e. The smallest absolute Gasteiger partial charge is 0.201 e. The lowest BCUT2D eigenvalue weighted by Gasteiger charge is -2.17. The van der Waals surface area contributed by atoms with Crippen LogP contribution in [-0.2, 0) is 11.5 Å². The zero-order chi connectivity index (χ0) is 7.68. The second kappa shape index (κ2) is 2.46. The van der Waals surface area contributed by atoms with Crippen molar-refractivity contribution < 1.29 is 5.11 Å². The maximum absolute atomic E-state index is 11.2. The number of nitrogens with one attached hydrogen (secondary N) is 1. The normalized spacial score (nSPS) is 15.3. The lowest BCUT2D eigenvalue weighted by atomic mass is 10.0. The molecule has 0 atom stereocenters. The molecule has 2 rings (SSSR count). The first-order chi connectivity index (χ1) is 5.38. The monoisotopic (exact) mass is 148 g/mol. The van der Waals surface area contributed by atoms with Gasteiger partial charge in [0.1, 0.15) is 0 Å². The Kier molecular flexibility index (Phi) is 1.46. The molecule has 0 spiro atoms. The van der Waals surface area contributed by atoms with E-state index in [9.17, 15) is 5.11 Å². The van der Waals surface area contributed by atoms with Gasteiger partial charge in [0.15, 0.2) is 0 Å². The van der Waals surface area contributed by atoms with E-state index in [2.05, 4.69) is 5.32 Å². The summed E-state index contributed by atoms with van der Waals surface area (Å²) in [5.41, 5.74) is 1.99. The van der Waals surface area contributed by atoms with Crippen LogP contribution in [-0.4, -0.2) is 6.54 Å². The zero-order valence-electron chi connectivity index (χ0n) is 6.26. The fourth-order valence-corrected chi connectivity index (χ4v) is 1.48. The third-order valence-electron chi connectivity index (χ3n) is 2.04. The van der Waals surface area contributed by atoms with Gasteiger partial charge in [-0.3, -0.25) is 5.11 Å². The van der Waals surface area contributed by atoms with Gasteiger partial charge in [0.2, 0.25) is 5.75 Å². The van der Waals surface area contributed by atoms with Crippen molar-refractivity contribution in [2.75, 3.05) is 11.9 Å². The number of anilines is 1. The molecule has 0 aliphatic carbocycles. The van der Waals surface area contributed by atoms with Crippen molar-refractivity contribution in [3.8, 4) is 5.75 Å². The molecule has 11 heavy (non-hydrogen) atoms. The van der Waals surface area contributed by atoms with E-state index in [0.29, 0.717) is 0 Å². The number of benzene rings is 1. The van der Waals surface area contributed by atoms with Crippen LogP contribution in [0.2, 0.25) is 0 Å². The summed E-state index contributed by atoms with van der Waals surface area (Å²) in [7, 11) is 0. The molecule has 1 aliphatic rings. The Morgan fingerprint density at radius 2 is 2.27 bits per heavy atom. The molecule has 1 aliphatic heterocycles. The fourth-order valence-electron chi connectivity index (χ4n) is 1.48. The first-order valence-corrected chi connectivity index (χ1v) is 3.91. The van der Waals surface area contributed by atoms with E-state index in [-0.39, 0.29) is 5.75 Å². The zero-order valence-corrected chi connectivity index (χ0v) is 6.26. The maximum atomic E-state index is 11.2. The van der Waals surface area contributed by atoms with Crippen LogP contribution in [0.1, 0.15) is 12.0 Å². The summed E-state index contributed by atoms with van der Waals surface area (Å²) in [5.74, 6) is 0.127. The molecule has 1 aromatic carbocycles. The number of aryl methyl sites for hydroxylation is 1. The number of hydrogen-bond donors (Lipinski definition) is 1. The Morgan fingerprint density at radius 1 is 1.36 bits per heavy atom. The minimum absolute atomic E-state index is 0.127. The Balaban J connectivity index is 2.49. The molecule has 0 saturated carbocycles. The molecule has 2 heteroatoms. The molecular weight excluding hydrogens is 138 g/mol. The summed E-state index contributed by atoms with van der Waals surface area (Å²) in [4.78, 5) is 0. The second-order valence-electron chi connectivity index (χ2n) is 2.82. The summed E-state index contributed by atoms with van der Waals surface area (Å²) in [5, 5.41) is 14.3. The van der Waals surface area contributed by atoms with E-state index in [4.69, 9.17) is 0 Å². The highest BCUT2D eigenvalue weighted by Crippen LogP contribution is 2.30. The quantitative estimate of drug-likeness (QED) is 0.600. The van der Waals surface area contributed by atoms with Gasteiger partial charge in [-0.15, -0.1) is 0 Å². The summed E-state index contributed by atoms with van der Waals surface area (Å²) < 4.78 is 0. The summed E-state index contributed by atoms with van der Waals surface area (Å²) in [6.45, 7) is 0.937. The standard InChI is InChI=1S/C9H10NO/c11-8-5-1-3-7-4-2-6-10-9(7)8/h1,3,5,10H,2,4,6H2. The lowest BCUT2D eigenvalue weighted by Crippen LogP contribution is -2.11. The molecule has 1 N–H and O–H groups in total. The molecule has 0 fully saturated rings. The second-order valence-corrected chi connectivity index (χ2v) is 2.82. The Labute approximate surface area is 65.9 Å². The van der Waals surface area contributed by atoms with E-state index < -0.39 is 0 Å². The Hall–Kier alpha value is -1.18. The highest BCUT2D eigenvalue weighted by Gasteiger charge is 2.11. The molecule has 2 nitrogen and oxygen atoms in total. The minimum atomic E-state index is 0.127. The predicted octanol–water partition coefficient (Wildman–Crippen LogP) is 2.19. The molecule has 1 aromatic rings. The van der Waals surface area contributed by atoms with E-state index in [1.807, 2.05) is 12.1 Å². The van der Waals surface area contributed by atoms with Gasteiger partial charge in [0, 0.05) is 6.54 Å². The topological polar surface area (TPSA) is 31.9 Å². The average Bonchev–Trinajstić information content (AvgIpc) is 2.06. The van der Waals surface area contributed by atoms with Crippen LogP contribution in [0.4, 0.5) is 5.69 Å². The Morgan fingerprint density at radius 3 is 3.09 bits per heavy atom. The number of hydrogen-bond acceptors (Lipinski definition) is 1. The van der Waals surface area contributed by atoms with Gasteiger partial charge in [0.05, 0.1) is 5.69 Å². The molecular formula is C9H10NO. The van der Waals surface area contributed by atoms with Crippen molar-refractivity contribution in [3.63, 3.8) is 0 Å². The molecule has 0 bridgehead atoms. The van der Waals surface area contributed by atoms with Gasteiger partial charge in [-0.05, 0) is 24.5 Å². The first-order valence-electron chi connectivity index (χ1n) is 3.91. The van der Waals surface area contributed by atoms with Crippen molar-refractivity contribution in [2.45, 2.75) is 12.8 Å². The summed E-state index contributed by atoms with van der Waals surface area (Å²) >= 11 is 0. The average molecular weight is 148 g/mol. The molecule has 0 aromatic heterocycles. The third kappa shape index (κ3) is 1.04. The lowest BCUT2D eigenvalue weighted by molar-refractivity contribution is 0.356. The summed E-state index contributed by atoms with van der Waals surface area (Å²) in [6, 6.07) is 5.45.